The first-order valence-electron chi connectivity index (χ1n) is 6.76. The molecule has 0 aromatic carbocycles. The second kappa shape index (κ2) is 6.15. The monoisotopic (exact) mass is 268 g/mol. The molecule has 2 atom stereocenters. The SMILES string of the molecule is CCC(C)(C(N)Cc1ccsc1)N1CCOCC1. The number of rotatable bonds is 5. The molecular weight excluding hydrogens is 244 g/mol. The standard InChI is InChI=1S/C14H24N2OS/c1-3-14(2,16-5-7-17-8-6-16)13(15)10-12-4-9-18-11-12/h4,9,11,13H,3,5-8,10,15H2,1-2H3. The van der Waals surface area contributed by atoms with Gasteiger partial charge in [0, 0.05) is 24.7 Å². The highest BCUT2D eigenvalue weighted by molar-refractivity contribution is 7.07. The zero-order chi connectivity index (χ0) is 13.0. The number of nitrogens with two attached hydrogens (primary N) is 1. The molecule has 18 heavy (non-hydrogen) atoms. The molecule has 1 aliphatic heterocycles. The summed E-state index contributed by atoms with van der Waals surface area (Å²) < 4.78 is 5.44. The van der Waals surface area contributed by atoms with Gasteiger partial charge in [0.25, 0.3) is 0 Å². The zero-order valence-electron chi connectivity index (χ0n) is 11.4. The molecule has 2 N–H and O–H groups in total. The van der Waals surface area contributed by atoms with Gasteiger partial charge in [-0.15, -0.1) is 0 Å². The van der Waals surface area contributed by atoms with Gasteiger partial charge in [0.2, 0.25) is 0 Å². The van der Waals surface area contributed by atoms with Crippen molar-refractivity contribution in [2.45, 2.75) is 38.3 Å². The van der Waals surface area contributed by atoms with Crippen LogP contribution in [0.3, 0.4) is 0 Å². The van der Waals surface area contributed by atoms with Crippen molar-refractivity contribution in [2.75, 3.05) is 26.3 Å². The Morgan fingerprint density at radius 1 is 1.50 bits per heavy atom. The molecule has 1 aliphatic rings. The minimum absolute atomic E-state index is 0.0751. The minimum Gasteiger partial charge on any atom is -0.379 e. The van der Waals surface area contributed by atoms with E-state index in [-0.39, 0.29) is 11.6 Å². The molecule has 2 unspecified atom stereocenters. The Balaban J connectivity index is 2.04. The van der Waals surface area contributed by atoms with Crippen LogP contribution in [0.15, 0.2) is 16.8 Å². The highest BCUT2D eigenvalue weighted by atomic mass is 32.1. The van der Waals surface area contributed by atoms with Gasteiger partial charge in [-0.2, -0.15) is 11.3 Å². The molecule has 1 aromatic rings. The molecule has 102 valence electrons. The molecule has 4 heteroatoms. The molecular formula is C14H24N2OS. The fourth-order valence-electron chi connectivity index (χ4n) is 2.68. The van der Waals surface area contributed by atoms with Crippen LogP contribution in [0.25, 0.3) is 0 Å². The second-order valence-electron chi connectivity index (χ2n) is 5.25. The van der Waals surface area contributed by atoms with Gasteiger partial charge >= 0.3 is 0 Å². The van der Waals surface area contributed by atoms with E-state index in [4.69, 9.17) is 10.5 Å². The van der Waals surface area contributed by atoms with Crippen molar-refractivity contribution in [1.82, 2.24) is 4.90 Å². The van der Waals surface area contributed by atoms with Crippen molar-refractivity contribution >= 4 is 11.3 Å². The van der Waals surface area contributed by atoms with Crippen molar-refractivity contribution in [2.24, 2.45) is 5.73 Å². The number of ether oxygens (including phenoxy) is 1. The lowest BCUT2D eigenvalue weighted by Gasteiger charge is -2.46. The Kier molecular flexibility index (Phi) is 4.78. The maximum absolute atomic E-state index is 6.51. The molecule has 0 amide bonds. The summed E-state index contributed by atoms with van der Waals surface area (Å²) in [6.45, 7) is 8.21. The van der Waals surface area contributed by atoms with Gasteiger partial charge in [-0.25, -0.2) is 0 Å². The quantitative estimate of drug-likeness (QED) is 0.889. The number of thiophene rings is 1. The third-order valence-corrected chi connectivity index (χ3v) is 5.02. The molecule has 0 spiro atoms. The lowest BCUT2D eigenvalue weighted by atomic mass is 9.84. The maximum atomic E-state index is 6.51. The number of hydrogen-bond acceptors (Lipinski definition) is 4. The van der Waals surface area contributed by atoms with E-state index < -0.39 is 0 Å². The van der Waals surface area contributed by atoms with Crippen molar-refractivity contribution in [3.63, 3.8) is 0 Å². The average molecular weight is 268 g/mol. The normalized spacial score (nSPS) is 22.6. The van der Waals surface area contributed by atoms with Gasteiger partial charge in [-0.05, 0) is 42.2 Å². The minimum atomic E-state index is 0.0751. The van der Waals surface area contributed by atoms with Crippen molar-refractivity contribution < 1.29 is 4.74 Å². The highest BCUT2D eigenvalue weighted by Crippen LogP contribution is 2.26. The Bertz CT molecular complexity index is 349. The number of hydrogen-bond donors (Lipinski definition) is 1. The summed E-state index contributed by atoms with van der Waals surface area (Å²) in [5, 5.41) is 4.33. The predicted molar refractivity (Wildman–Crippen MR) is 77.1 cm³/mol. The third-order valence-electron chi connectivity index (χ3n) is 4.28. The van der Waals surface area contributed by atoms with Crippen molar-refractivity contribution in [3.8, 4) is 0 Å². The number of morpholine rings is 1. The van der Waals surface area contributed by atoms with Gasteiger partial charge in [0.15, 0.2) is 0 Å². The summed E-state index contributed by atoms with van der Waals surface area (Å²) >= 11 is 1.75. The van der Waals surface area contributed by atoms with Crippen LogP contribution in [0.5, 0.6) is 0 Å². The summed E-state index contributed by atoms with van der Waals surface area (Å²) in [7, 11) is 0. The highest BCUT2D eigenvalue weighted by Gasteiger charge is 2.36. The Morgan fingerprint density at radius 2 is 2.22 bits per heavy atom. The van der Waals surface area contributed by atoms with Crippen LogP contribution in [0.1, 0.15) is 25.8 Å². The second-order valence-corrected chi connectivity index (χ2v) is 6.03. The third kappa shape index (κ3) is 2.94. The first-order chi connectivity index (χ1) is 8.66. The predicted octanol–water partition coefficient (Wildman–Crippen LogP) is 2.12. The first-order valence-corrected chi connectivity index (χ1v) is 7.70. The molecule has 1 fully saturated rings. The van der Waals surface area contributed by atoms with Crippen LogP contribution >= 0.6 is 11.3 Å². The Labute approximate surface area is 114 Å². The van der Waals surface area contributed by atoms with Crippen molar-refractivity contribution in [1.29, 1.82) is 0 Å². The van der Waals surface area contributed by atoms with Gasteiger partial charge in [-0.3, -0.25) is 4.90 Å². The van der Waals surface area contributed by atoms with E-state index in [1.54, 1.807) is 11.3 Å². The molecule has 3 nitrogen and oxygen atoms in total. The summed E-state index contributed by atoms with van der Waals surface area (Å²) in [5.74, 6) is 0. The van der Waals surface area contributed by atoms with E-state index in [2.05, 4.69) is 35.6 Å². The zero-order valence-corrected chi connectivity index (χ0v) is 12.2. The lowest BCUT2D eigenvalue weighted by Crippen LogP contribution is -2.61. The van der Waals surface area contributed by atoms with Gasteiger partial charge in [-0.1, -0.05) is 6.92 Å². The molecule has 0 radical (unpaired) electrons. The summed E-state index contributed by atoms with van der Waals surface area (Å²) in [6, 6.07) is 2.36. The van der Waals surface area contributed by atoms with Crippen LogP contribution in [0, 0.1) is 0 Å². The molecule has 1 aromatic heterocycles. The van der Waals surface area contributed by atoms with E-state index in [0.29, 0.717) is 0 Å². The van der Waals surface area contributed by atoms with Crippen LogP contribution < -0.4 is 5.73 Å². The van der Waals surface area contributed by atoms with E-state index in [1.807, 2.05) is 0 Å². The van der Waals surface area contributed by atoms with E-state index in [1.165, 1.54) is 5.56 Å². The van der Waals surface area contributed by atoms with Gasteiger partial charge < -0.3 is 10.5 Å². The van der Waals surface area contributed by atoms with Gasteiger partial charge in [0.05, 0.1) is 13.2 Å². The molecule has 0 bridgehead atoms. The molecule has 1 saturated heterocycles. The van der Waals surface area contributed by atoms with E-state index in [9.17, 15) is 0 Å². The number of nitrogens with zero attached hydrogens (tertiary/aromatic N) is 1. The fourth-order valence-corrected chi connectivity index (χ4v) is 3.36. The topological polar surface area (TPSA) is 38.5 Å². The maximum Gasteiger partial charge on any atom is 0.0594 e. The summed E-state index contributed by atoms with van der Waals surface area (Å²) in [4.78, 5) is 2.51. The first kappa shape index (κ1) is 14.0. The fraction of sp³-hybridized carbons (Fsp3) is 0.714. The van der Waals surface area contributed by atoms with Crippen LogP contribution in [0.2, 0.25) is 0 Å². The van der Waals surface area contributed by atoms with Crippen LogP contribution in [-0.2, 0) is 11.2 Å². The molecule has 2 heterocycles. The molecule has 0 aliphatic carbocycles. The smallest absolute Gasteiger partial charge is 0.0594 e. The van der Waals surface area contributed by atoms with Crippen LogP contribution in [0.4, 0.5) is 0 Å². The summed E-state index contributed by atoms with van der Waals surface area (Å²) in [6.07, 6.45) is 2.05. The molecule has 2 rings (SSSR count). The van der Waals surface area contributed by atoms with Crippen molar-refractivity contribution in [3.05, 3.63) is 22.4 Å². The van der Waals surface area contributed by atoms with Gasteiger partial charge in [0.1, 0.15) is 0 Å². The lowest BCUT2D eigenvalue weighted by molar-refractivity contribution is -0.0272. The average Bonchev–Trinajstić information content (AvgIpc) is 2.91. The van der Waals surface area contributed by atoms with Crippen LogP contribution in [-0.4, -0.2) is 42.8 Å². The summed E-state index contributed by atoms with van der Waals surface area (Å²) in [5.41, 5.74) is 7.94. The molecule has 0 saturated carbocycles. The largest absolute Gasteiger partial charge is 0.379 e. The Morgan fingerprint density at radius 3 is 2.78 bits per heavy atom. The Hall–Kier alpha value is -0.420. The van der Waals surface area contributed by atoms with E-state index in [0.717, 1.165) is 39.1 Å². The van der Waals surface area contributed by atoms with E-state index >= 15 is 0 Å².